The zero-order valence-electron chi connectivity index (χ0n) is 78.5. The highest BCUT2D eigenvalue weighted by atomic mass is 32.5. The monoisotopic (exact) mass is 2280 g/mol. The Kier molecular flexibility index (Phi) is 36.2. The van der Waals surface area contributed by atoms with Crippen molar-refractivity contribution in [1.82, 2.24) is 97.2 Å². The summed E-state index contributed by atoms with van der Waals surface area (Å²) >= 11 is 22.3. The first-order chi connectivity index (χ1) is 70.4. The summed E-state index contributed by atoms with van der Waals surface area (Å²) in [5, 5.41) is 10.9. The number of aromatic nitrogens is 20. The average Bonchev–Trinajstić information content (AvgIpc) is 1.60. The zero-order valence-corrected chi connectivity index (χ0v) is 87.2. The molecule has 0 amide bonds. The van der Waals surface area contributed by atoms with E-state index < -0.39 is 251 Å². The fourth-order valence-electron chi connectivity index (χ4n) is 16.8. The van der Waals surface area contributed by atoms with Gasteiger partial charge >= 0.3 is 53.9 Å². The molecule has 75 heteroatoms. The molecule has 0 radical (unpaired) electrons. The lowest BCUT2D eigenvalue weighted by Gasteiger charge is -2.30. The third kappa shape index (κ3) is 25.8. The average molecular weight is 2280 g/mol. The Hall–Kier alpha value is -7.90. The van der Waals surface area contributed by atoms with Crippen LogP contribution in [0.3, 0.4) is 0 Å². The van der Waals surface area contributed by atoms with Crippen molar-refractivity contribution < 1.29 is 164 Å². The SMILES string of the molecule is COCCOC1[C@@H](OP(O)(=S)OC[C@H]2O[C@@H](n3cnc4c(N)ncnc43)C[C@H]2OP(O)(=S)OC[C@H]2O[C@@H](n3cc(C)c(N)nc3=O)C[C@H]2OP(O)(=S)OC)[C@@H](COP(=O)(O)O[C@@H]2C(OCCOC)[C@H](n3cnc4c(N)ncnc43)O[C@@H]2COP(=O)(O)O[C@@H]2C(OCCOC)[C@H](n3cnc4c(=O)[nH]c(N)nc43)O[C@@H]2COP(O)(=S)O[C@@H]2C(OCCOC)[C@H](n3cnc4c(=O)[nH]c(N)nc43)O[C@@H]2CO)O[C@H]1n1cc(C)c(=O)[nH]c1=O. The van der Waals surface area contributed by atoms with Crippen LogP contribution < -0.4 is 56.7 Å². The number of methoxy groups -OCH3 is 4. The largest absolute Gasteiger partial charge is 0.472 e. The number of phosphoric ester groups is 2. The summed E-state index contributed by atoms with van der Waals surface area (Å²) in [7, 11) is -5.37. The van der Waals surface area contributed by atoms with Gasteiger partial charge in [0.15, 0.2) is 70.2 Å². The maximum atomic E-state index is 15.5. The number of imidazole rings is 4. The molecule has 6 aliphatic rings. The van der Waals surface area contributed by atoms with Crippen LogP contribution in [0.5, 0.6) is 0 Å². The van der Waals surface area contributed by atoms with Gasteiger partial charge in [-0.15, -0.1) is 0 Å². The molecular weight excluding hydrogens is 2180 g/mol. The Bertz CT molecular complexity index is 7040. The highest BCUT2D eigenvalue weighted by Gasteiger charge is 2.58. The highest BCUT2D eigenvalue weighted by molar-refractivity contribution is 8.08. The standard InChI is InChI=1S/C73H103N25O40P6S4/c1-32-18-93(72(103)87-56(32)74)42-16-34(133-141(109,145)117-7)37(127-42)21-124-142(110,146)134-35-17-43(95-28-83-44-57(75)79-26-81-59(44)95)128-38(35)22-125-143(111,147)138-51-40(130-66(55(51)121-15-11-116-6)94-19-33(2)63(100)92-73(94)104)24-123-140(107,108)135-49-39(131-67(53(49)119-13-9-114-4)96-29-84-45-58(76)80-27-82-60(45)96)23-122-139(105,106)136-50-41(132-69(54(50)120-14-10-115-5)98-31-86-47-62(98)89-71(78)91-65(47)102)25-126-144(112,148)137-48-36(20-99)129-68(52(48)118-12-8-113-3)97-30-85-46-61(97)88-70(77)90-64(46)101/h18-19,26-31,34-43,48-55,66-69,99H,8-17,20-25H2,1-7H3,(H,105,106)(H,107,108)(H,109,145)(H,110,146)(H,111,147)(H,112,148)(H2,74,87,103)(H2,75,79,81)(H2,76,80,82)(H,92,100,104)(H3,77,88,90,101)(H3,78,89,91,102)/t34-,35-,36-,37-,38-,39-,40-,41-,42-,43-,48+,49+,50+,51+,52?,53?,54?,55?,66-,67-,68-,69-,141?,142?,143?,144?/m1/s1. The van der Waals surface area contributed by atoms with Gasteiger partial charge in [0, 0.05) is 71.9 Å². The molecule has 6 aliphatic heterocycles. The molecule has 148 heavy (non-hydrogen) atoms. The second kappa shape index (κ2) is 47.6. The number of aromatic amines is 3. The number of ether oxygens (including phenoxy) is 14. The smallest absolute Gasteiger partial charge is 0.394 e. The van der Waals surface area contributed by atoms with Crippen molar-refractivity contribution in [3.63, 3.8) is 0 Å². The summed E-state index contributed by atoms with van der Waals surface area (Å²) < 4.78 is 195. The number of nitrogens with zero attached hydrogens (tertiary/aromatic N) is 17. The molecule has 0 aromatic carbocycles. The van der Waals surface area contributed by atoms with E-state index >= 15 is 9.13 Å². The number of aliphatic hydroxyl groups is 1. The van der Waals surface area contributed by atoms with Crippen molar-refractivity contribution in [1.29, 1.82) is 0 Å². The van der Waals surface area contributed by atoms with E-state index in [1.54, 1.807) is 6.92 Å². The zero-order chi connectivity index (χ0) is 106. The molecule has 0 bridgehead atoms. The van der Waals surface area contributed by atoms with E-state index in [1.165, 1.54) is 74.2 Å². The van der Waals surface area contributed by atoms with Crippen LogP contribution in [0.4, 0.5) is 29.4 Å². The molecule has 6 saturated heterocycles. The first-order valence-electron chi connectivity index (χ1n) is 44.2. The Labute approximate surface area is 852 Å². The number of phosphoric acid groups is 2. The molecule has 10 aromatic heterocycles. The van der Waals surface area contributed by atoms with Gasteiger partial charge in [-0.1, -0.05) is 0 Å². The number of nitrogen functional groups attached to an aromatic ring is 5. The van der Waals surface area contributed by atoms with Crippen molar-refractivity contribution in [3.8, 4) is 0 Å². The molecule has 16 heterocycles. The lowest BCUT2D eigenvalue weighted by atomic mass is 10.1. The van der Waals surface area contributed by atoms with Crippen LogP contribution >= 0.6 is 42.5 Å². The van der Waals surface area contributed by atoms with Gasteiger partial charge in [-0.2, -0.15) is 15.0 Å². The lowest BCUT2D eigenvalue weighted by molar-refractivity contribution is -0.0838. The topological polar surface area (TPSA) is 850 Å². The number of hydrogen-bond donors (Lipinski definition) is 15. The van der Waals surface area contributed by atoms with Gasteiger partial charge in [0.25, 0.3) is 16.7 Å². The predicted octanol–water partition coefficient (Wildman–Crippen LogP) is -2.34. The number of anilines is 5. The predicted molar refractivity (Wildman–Crippen MR) is 516 cm³/mol. The van der Waals surface area contributed by atoms with Crippen LogP contribution in [0.15, 0.2) is 74.3 Å². The second-order valence-corrected chi connectivity index (χ2v) is 47.3. The van der Waals surface area contributed by atoms with E-state index in [4.69, 9.17) is 196 Å². The van der Waals surface area contributed by atoms with E-state index in [1.807, 2.05) is 0 Å². The van der Waals surface area contributed by atoms with Crippen molar-refractivity contribution >= 4 is 164 Å². The normalized spacial score (nSPS) is 28.9. The van der Waals surface area contributed by atoms with Gasteiger partial charge in [0.05, 0.1) is 130 Å². The maximum Gasteiger partial charge on any atom is 0.472 e. The Morgan fingerprint density at radius 3 is 1.17 bits per heavy atom. The van der Waals surface area contributed by atoms with E-state index in [0.29, 0.717) is 5.56 Å². The number of aliphatic hydroxyl groups excluding tert-OH is 1. The molecule has 65 nitrogen and oxygen atoms in total. The van der Waals surface area contributed by atoms with E-state index in [2.05, 4.69) is 69.8 Å². The molecule has 10 aromatic rings. The number of nitrogens with two attached hydrogens (primary N) is 5. The maximum absolute atomic E-state index is 15.5. The summed E-state index contributed by atoms with van der Waals surface area (Å²) in [5.41, 5.74) is 25.9. The lowest BCUT2D eigenvalue weighted by Crippen LogP contribution is -2.41. The second-order valence-electron chi connectivity index (χ2n) is 33.2. The fraction of sp³-hybridized carbons (Fsp3) is 0.616. The minimum Gasteiger partial charge on any atom is -0.394 e. The van der Waals surface area contributed by atoms with E-state index in [-0.39, 0.29) is 139 Å². The number of nitrogens with one attached hydrogen (secondary N) is 3. The Balaban J connectivity index is 0.683. The molecule has 814 valence electrons. The number of aryl methyl sites for hydroxylation is 2. The minimum absolute atomic E-state index is 0.00999. The van der Waals surface area contributed by atoms with Crippen LogP contribution in [0.25, 0.3) is 44.7 Å². The summed E-state index contributed by atoms with van der Waals surface area (Å²) in [5.74, 6) is -0.930. The van der Waals surface area contributed by atoms with Crippen molar-refractivity contribution in [2.75, 3.05) is 157 Å². The summed E-state index contributed by atoms with van der Waals surface area (Å²) in [6.07, 6.45) is -26.2. The summed E-state index contributed by atoms with van der Waals surface area (Å²) in [4.78, 5) is 192. The highest BCUT2D eigenvalue weighted by Crippen LogP contribution is 2.59. The van der Waals surface area contributed by atoms with E-state index in [9.17, 15) is 58.4 Å². The van der Waals surface area contributed by atoms with Gasteiger partial charge < -0.3 is 157 Å². The molecule has 0 spiro atoms. The molecule has 20 N–H and O–H groups in total. The Morgan fingerprint density at radius 1 is 0.378 bits per heavy atom. The molecule has 0 aliphatic carbocycles. The van der Waals surface area contributed by atoms with Gasteiger partial charge in [-0.05, 0) is 61.1 Å². The number of H-pyrrole nitrogens is 3. The van der Waals surface area contributed by atoms with E-state index in [0.717, 1.165) is 46.0 Å². The molecule has 28 atom stereocenters. The van der Waals surface area contributed by atoms with Gasteiger partial charge in [0.1, 0.15) is 127 Å². The van der Waals surface area contributed by atoms with Gasteiger partial charge in [0.2, 0.25) is 11.9 Å². The Morgan fingerprint density at radius 2 is 0.736 bits per heavy atom. The molecule has 0 saturated carbocycles. The van der Waals surface area contributed by atoms with Crippen LogP contribution in [-0.4, -0.2) is 357 Å². The third-order valence-corrected chi connectivity index (χ3v) is 32.0. The molecule has 16 rings (SSSR count). The van der Waals surface area contributed by atoms with Crippen LogP contribution in [0.2, 0.25) is 0 Å². The van der Waals surface area contributed by atoms with Crippen molar-refractivity contribution in [2.45, 2.75) is 162 Å². The first kappa shape index (κ1) is 113. The van der Waals surface area contributed by atoms with Crippen molar-refractivity contribution in [2.24, 2.45) is 0 Å². The number of fused-ring (bicyclic) bond motifs is 4. The molecule has 10 unspecified atom stereocenters. The minimum atomic E-state index is -5.93. The molecular formula is C73H103N25O40P6S4. The number of hydrogen-bond acceptors (Lipinski definition) is 54. The summed E-state index contributed by atoms with van der Waals surface area (Å²) in [6, 6.07) is 0. The number of rotatable bonds is 51. The third-order valence-electron chi connectivity index (χ3n) is 23.6. The molecule has 6 fully saturated rings. The van der Waals surface area contributed by atoms with Gasteiger partial charge in [-0.3, -0.25) is 83.9 Å². The van der Waals surface area contributed by atoms with Crippen LogP contribution in [0, 0.1) is 13.8 Å². The van der Waals surface area contributed by atoms with Gasteiger partial charge in [-0.25, -0.2) is 58.6 Å². The quantitative estimate of drug-likeness (QED) is 0.0140. The van der Waals surface area contributed by atoms with Crippen LogP contribution in [0.1, 0.15) is 61.3 Å². The van der Waals surface area contributed by atoms with Crippen LogP contribution in [-0.2, 0) is 177 Å². The fourth-order valence-corrected chi connectivity index (χ4v) is 24.0. The summed E-state index contributed by atoms with van der Waals surface area (Å²) in [6.45, 7) is -23.1. The first-order valence-corrected chi connectivity index (χ1v) is 57.6. The van der Waals surface area contributed by atoms with Crippen molar-refractivity contribution in [3.05, 3.63) is 114 Å².